The molecule has 0 aromatic rings. The van der Waals surface area contributed by atoms with Crippen LogP contribution in [-0.4, -0.2) is 41.9 Å². The fraction of sp³-hybridized carbons (Fsp3) is 0.889. The molecule has 0 aromatic carbocycles. The number of likely N-dealkylation sites (tertiary alicyclic amines) is 1. The van der Waals surface area contributed by atoms with Crippen LogP contribution in [0.2, 0.25) is 0 Å². The Labute approximate surface area is 152 Å². The van der Waals surface area contributed by atoms with E-state index in [2.05, 4.69) is 19.2 Å². The maximum atomic E-state index is 12.6. The first-order valence-corrected chi connectivity index (χ1v) is 9.40. The molecule has 2 atom stereocenters. The molecule has 1 saturated heterocycles. The fourth-order valence-corrected chi connectivity index (χ4v) is 4.20. The number of amides is 2. The maximum absolute atomic E-state index is 12.6. The van der Waals surface area contributed by atoms with Gasteiger partial charge in [0.25, 0.3) is 0 Å². The summed E-state index contributed by atoms with van der Waals surface area (Å²) in [4.78, 5) is 26.7. The quantitative estimate of drug-likeness (QED) is 0.733. The minimum atomic E-state index is -0.208. The van der Waals surface area contributed by atoms with E-state index in [1.54, 1.807) is 0 Å². The Balaban J connectivity index is 0.00000288. The molecule has 0 bridgehead atoms. The lowest BCUT2D eigenvalue weighted by atomic mass is 9.83. The number of nitrogens with zero attached hydrogens (tertiary/aromatic N) is 1. The Bertz CT molecular complexity index is 409. The van der Waals surface area contributed by atoms with E-state index in [4.69, 9.17) is 5.73 Å². The van der Waals surface area contributed by atoms with E-state index in [1.165, 1.54) is 19.3 Å². The summed E-state index contributed by atoms with van der Waals surface area (Å²) in [5.74, 6) is 0.444. The van der Waals surface area contributed by atoms with E-state index in [1.807, 2.05) is 4.90 Å². The van der Waals surface area contributed by atoms with Crippen molar-refractivity contribution < 1.29 is 9.59 Å². The van der Waals surface area contributed by atoms with Gasteiger partial charge in [-0.1, -0.05) is 33.1 Å². The SMILES string of the molecule is CCC(CC)N1CC(C(=O)NC(CN)C2CCCCC2)CC1=O.Cl. The van der Waals surface area contributed by atoms with Crippen molar-refractivity contribution in [3.05, 3.63) is 0 Å². The Kier molecular flexibility index (Phi) is 9.06. The zero-order valence-corrected chi connectivity index (χ0v) is 15.9. The van der Waals surface area contributed by atoms with E-state index >= 15 is 0 Å². The second-order valence-corrected chi connectivity index (χ2v) is 7.17. The topological polar surface area (TPSA) is 75.4 Å². The highest BCUT2D eigenvalue weighted by Crippen LogP contribution is 2.27. The van der Waals surface area contributed by atoms with Crippen LogP contribution >= 0.6 is 12.4 Å². The third kappa shape index (κ3) is 5.09. The molecular weight excluding hydrogens is 326 g/mol. The number of carbonyl (C=O) groups excluding carboxylic acids is 2. The molecule has 3 N–H and O–H groups in total. The Morgan fingerprint density at radius 1 is 1.25 bits per heavy atom. The molecule has 2 rings (SSSR count). The first kappa shape index (κ1) is 21.2. The Morgan fingerprint density at radius 3 is 2.42 bits per heavy atom. The molecule has 140 valence electrons. The van der Waals surface area contributed by atoms with Crippen molar-refractivity contribution in [2.24, 2.45) is 17.6 Å². The van der Waals surface area contributed by atoms with Gasteiger partial charge in [-0.15, -0.1) is 12.4 Å². The molecule has 24 heavy (non-hydrogen) atoms. The third-order valence-electron chi connectivity index (χ3n) is 5.71. The molecule has 2 amide bonds. The number of rotatable bonds is 7. The van der Waals surface area contributed by atoms with Gasteiger partial charge in [0.15, 0.2) is 0 Å². The molecule has 1 saturated carbocycles. The molecular formula is C18H34ClN3O2. The van der Waals surface area contributed by atoms with Gasteiger partial charge in [-0.3, -0.25) is 9.59 Å². The van der Waals surface area contributed by atoms with Gasteiger partial charge in [0.2, 0.25) is 11.8 Å². The van der Waals surface area contributed by atoms with Gasteiger partial charge in [0.05, 0.1) is 5.92 Å². The van der Waals surface area contributed by atoms with Gasteiger partial charge in [-0.25, -0.2) is 0 Å². The molecule has 5 nitrogen and oxygen atoms in total. The largest absolute Gasteiger partial charge is 0.352 e. The first-order valence-electron chi connectivity index (χ1n) is 9.40. The minimum absolute atomic E-state index is 0. The average Bonchev–Trinajstić information content (AvgIpc) is 2.96. The maximum Gasteiger partial charge on any atom is 0.225 e. The van der Waals surface area contributed by atoms with Crippen molar-refractivity contribution in [2.75, 3.05) is 13.1 Å². The van der Waals surface area contributed by atoms with E-state index in [9.17, 15) is 9.59 Å². The summed E-state index contributed by atoms with van der Waals surface area (Å²) in [6.07, 6.45) is 8.34. The predicted octanol–water partition coefficient (Wildman–Crippen LogP) is 2.47. The average molecular weight is 360 g/mol. The monoisotopic (exact) mass is 359 g/mol. The van der Waals surface area contributed by atoms with Crippen LogP contribution in [0, 0.1) is 11.8 Å². The number of hydrogen-bond donors (Lipinski definition) is 2. The summed E-state index contributed by atoms with van der Waals surface area (Å²) in [6, 6.07) is 0.337. The highest BCUT2D eigenvalue weighted by molar-refractivity contribution is 5.89. The molecule has 0 spiro atoms. The van der Waals surface area contributed by atoms with Crippen molar-refractivity contribution in [3.63, 3.8) is 0 Å². The number of nitrogens with one attached hydrogen (secondary N) is 1. The van der Waals surface area contributed by atoms with Gasteiger partial charge < -0.3 is 16.0 Å². The summed E-state index contributed by atoms with van der Waals surface area (Å²) in [6.45, 7) is 5.26. The second-order valence-electron chi connectivity index (χ2n) is 7.17. The normalized spacial score (nSPS) is 23.2. The Hall–Kier alpha value is -0.810. The van der Waals surface area contributed by atoms with Crippen LogP contribution in [0.1, 0.15) is 65.2 Å². The lowest BCUT2D eigenvalue weighted by Crippen LogP contribution is -2.48. The van der Waals surface area contributed by atoms with Crippen molar-refractivity contribution in [1.29, 1.82) is 0 Å². The molecule has 2 aliphatic rings. The summed E-state index contributed by atoms with van der Waals surface area (Å²) in [5, 5.41) is 3.15. The van der Waals surface area contributed by atoms with Gasteiger partial charge in [0.1, 0.15) is 0 Å². The zero-order chi connectivity index (χ0) is 16.8. The van der Waals surface area contributed by atoms with Crippen LogP contribution in [0.3, 0.4) is 0 Å². The minimum Gasteiger partial charge on any atom is -0.352 e. The number of halogens is 1. The molecule has 0 radical (unpaired) electrons. The number of nitrogens with two attached hydrogens (primary N) is 1. The molecule has 1 aliphatic carbocycles. The second kappa shape index (κ2) is 10.2. The molecule has 2 fully saturated rings. The summed E-state index contributed by atoms with van der Waals surface area (Å²) in [7, 11) is 0. The highest BCUT2D eigenvalue weighted by Gasteiger charge is 2.38. The van der Waals surface area contributed by atoms with Crippen molar-refractivity contribution in [1.82, 2.24) is 10.2 Å². The van der Waals surface area contributed by atoms with Gasteiger partial charge in [0, 0.05) is 31.6 Å². The number of carbonyl (C=O) groups is 2. The molecule has 1 heterocycles. The summed E-state index contributed by atoms with van der Waals surface area (Å²) >= 11 is 0. The number of hydrogen-bond acceptors (Lipinski definition) is 3. The fourth-order valence-electron chi connectivity index (χ4n) is 4.20. The van der Waals surface area contributed by atoms with E-state index in [0.717, 1.165) is 25.7 Å². The van der Waals surface area contributed by atoms with E-state index in [0.29, 0.717) is 25.4 Å². The molecule has 6 heteroatoms. The van der Waals surface area contributed by atoms with Crippen LogP contribution in [-0.2, 0) is 9.59 Å². The third-order valence-corrected chi connectivity index (χ3v) is 5.71. The van der Waals surface area contributed by atoms with Crippen LogP contribution in [0.25, 0.3) is 0 Å². The molecule has 0 aromatic heterocycles. The standard InChI is InChI=1S/C18H33N3O2.ClH/c1-3-15(4-2)21-12-14(10-17(21)22)18(23)20-16(11-19)13-8-6-5-7-9-13;/h13-16H,3-12,19H2,1-2H3,(H,20,23);1H. The van der Waals surface area contributed by atoms with Crippen LogP contribution in [0.5, 0.6) is 0 Å². The van der Waals surface area contributed by atoms with Gasteiger partial charge in [-0.2, -0.15) is 0 Å². The van der Waals surface area contributed by atoms with Gasteiger partial charge >= 0.3 is 0 Å². The van der Waals surface area contributed by atoms with Gasteiger partial charge in [-0.05, 0) is 31.6 Å². The van der Waals surface area contributed by atoms with Crippen molar-refractivity contribution in [3.8, 4) is 0 Å². The van der Waals surface area contributed by atoms with Crippen LogP contribution < -0.4 is 11.1 Å². The molecule has 1 aliphatic heterocycles. The first-order chi connectivity index (χ1) is 11.1. The smallest absolute Gasteiger partial charge is 0.225 e. The predicted molar refractivity (Wildman–Crippen MR) is 99.0 cm³/mol. The van der Waals surface area contributed by atoms with Crippen LogP contribution in [0.4, 0.5) is 0 Å². The molecule has 2 unspecified atom stereocenters. The van der Waals surface area contributed by atoms with E-state index < -0.39 is 0 Å². The van der Waals surface area contributed by atoms with Crippen molar-refractivity contribution >= 4 is 24.2 Å². The van der Waals surface area contributed by atoms with Crippen LogP contribution in [0.15, 0.2) is 0 Å². The van der Waals surface area contributed by atoms with E-state index in [-0.39, 0.29) is 42.2 Å². The van der Waals surface area contributed by atoms with Crippen molar-refractivity contribution in [2.45, 2.75) is 77.3 Å². The Morgan fingerprint density at radius 2 is 1.88 bits per heavy atom. The summed E-state index contributed by atoms with van der Waals surface area (Å²) < 4.78 is 0. The lowest BCUT2D eigenvalue weighted by molar-refractivity contribution is -0.130. The zero-order valence-electron chi connectivity index (χ0n) is 15.1. The highest BCUT2D eigenvalue weighted by atomic mass is 35.5. The summed E-state index contributed by atoms with van der Waals surface area (Å²) in [5.41, 5.74) is 5.90. The lowest BCUT2D eigenvalue weighted by Gasteiger charge is -2.31.